The Kier molecular flexibility index (Phi) is 5.84. The number of carbonyl (C=O) groups is 2. The molecular formula is C23H19F3N4O3. The van der Waals surface area contributed by atoms with Crippen LogP contribution in [0.25, 0.3) is 5.65 Å². The molecule has 0 aliphatic carbocycles. The molecule has 33 heavy (non-hydrogen) atoms. The molecule has 0 fully saturated rings. The van der Waals surface area contributed by atoms with Crippen LogP contribution < -0.4 is 0 Å². The first kappa shape index (κ1) is 22.4. The summed E-state index contributed by atoms with van der Waals surface area (Å²) in [5.41, 5.74) is 0.751. The Bertz CT molecular complexity index is 1340. The van der Waals surface area contributed by atoms with Gasteiger partial charge >= 0.3 is 6.18 Å². The second-order valence-electron chi connectivity index (χ2n) is 7.84. The summed E-state index contributed by atoms with van der Waals surface area (Å²) in [5.74, 6) is -1.13. The number of ketones is 2. The van der Waals surface area contributed by atoms with Gasteiger partial charge in [0.05, 0.1) is 23.0 Å². The van der Waals surface area contributed by atoms with Gasteiger partial charge in [-0.1, -0.05) is 24.2 Å². The van der Waals surface area contributed by atoms with Gasteiger partial charge in [0.1, 0.15) is 0 Å². The van der Waals surface area contributed by atoms with Crippen LogP contribution in [-0.2, 0) is 12.6 Å². The Morgan fingerprint density at radius 3 is 2.73 bits per heavy atom. The molecular weight excluding hydrogens is 437 g/mol. The number of hydrogen-bond acceptors (Lipinski definition) is 6. The quantitative estimate of drug-likeness (QED) is 0.370. The maximum Gasteiger partial charge on any atom is 0.416 e. The lowest BCUT2D eigenvalue weighted by atomic mass is 9.97. The molecule has 0 radical (unpaired) electrons. The Labute approximate surface area is 186 Å². The van der Waals surface area contributed by atoms with E-state index in [2.05, 4.69) is 15.2 Å². The van der Waals surface area contributed by atoms with E-state index in [1.807, 2.05) is 0 Å². The van der Waals surface area contributed by atoms with Crippen molar-refractivity contribution in [3.63, 3.8) is 0 Å². The van der Waals surface area contributed by atoms with E-state index in [0.29, 0.717) is 16.9 Å². The lowest BCUT2D eigenvalue weighted by molar-refractivity contribution is -0.138. The van der Waals surface area contributed by atoms with Gasteiger partial charge in [0.25, 0.3) is 0 Å². The fourth-order valence-electron chi connectivity index (χ4n) is 3.53. The Hall–Kier alpha value is -3.82. The van der Waals surface area contributed by atoms with Gasteiger partial charge in [-0.2, -0.15) is 18.3 Å². The van der Waals surface area contributed by atoms with Crippen molar-refractivity contribution in [3.8, 4) is 0 Å². The predicted molar refractivity (Wildman–Crippen MR) is 111 cm³/mol. The molecule has 10 heteroatoms. The molecule has 0 spiro atoms. The predicted octanol–water partition coefficient (Wildman–Crippen LogP) is 4.85. The summed E-state index contributed by atoms with van der Waals surface area (Å²) in [6.45, 7) is 3.13. The van der Waals surface area contributed by atoms with E-state index in [1.165, 1.54) is 35.8 Å². The van der Waals surface area contributed by atoms with E-state index in [-0.39, 0.29) is 41.4 Å². The van der Waals surface area contributed by atoms with E-state index in [1.54, 1.807) is 25.4 Å². The smallest absolute Gasteiger partial charge is 0.353 e. The van der Waals surface area contributed by atoms with Crippen molar-refractivity contribution in [2.24, 2.45) is 0 Å². The molecule has 0 saturated heterocycles. The number of fused-ring (bicyclic) bond motifs is 1. The number of aromatic nitrogens is 4. The second kappa shape index (κ2) is 8.61. The van der Waals surface area contributed by atoms with E-state index in [0.717, 1.165) is 6.07 Å². The zero-order chi connectivity index (χ0) is 23.8. The largest absolute Gasteiger partial charge is 0.416 e. The van der Waals surface area contributed by atoms with E-state index >= 15 is 0 Å². The first-order valence-electron chi connectivity index (χ1n) is 10.1. The first-order valence-corrected chi connectivity index (χ1v) is 10.1. The number of Topliss-reactive ketones (excluding diaryl/α,β-unsaturated/α-hetero) is 2. The second-order valence-corrected chi connectivity index (χ2v) is 7.84. The van der Waals surface area contributed by atoms with Crippen LogP contribution in [0.3, 0.4) is 0 Å². The number of aryl methyl sites for hydroxylation is 1. The van der Waals surface area contributed by atoms with Crippen LogP contribution in [0.4, 0.5) is 13.2 Å². The van der Waals surface area contributed by atoms with Crippen molar-refractivity contribution in [2.75, 3.05) is 0 Å². The van der Waals surface area contributed by atoms with E-state index in [4.69, 9.17) is 4.52 Å². The fraction of sp³-hybridized carbons (Fsp3) is 0.261. The van der Waals surface area contributed by atoms with Crippen LogP contribution >= 0.6 is 0 Å². The molecule has 1 aromatic carbocycles. The van der Waals surface area contributed by atoms with Crippen LogP contribution in [0.2, 0.25) is 0 Å². The van der Waals surface area contributed by atoms with Crippen molar-refractivity contribution in [1.82, 2.24) is 19.8 Å². The third-order valence-electron chi connectivity index (χ3n) is 5.35. The van der Waals surface area contributed by atoms with Crippen molar-refractivity contribution < 1.29 is 27.3 Å². The summed E-state index contributed by atoms with van der Waals surface area (Å²) < 4.78 is 46.0. The third-order valence-corrected chi connectivity index (χ3v) is 5.35. The monoisotopic (exact) mass is 456 g/mol. The van der Waals surface area contributed by atoms with Gasteiger partial charge in [0.2, 0.25) is 11.5 Å². The number of alkyl halides is 3. The van der Waals surface area contributed by atoms with Gasteiger partial charge in [-0.15, -0.1) is 0 Å². The van der Waals surface area contributed by atoms with Crippen molar-refractivity contribution in [2.45, 2.75) is 38.8 Å². The number of halogens is 3. The van der Waals surface area contributed by atoms with Crippen LogP contribution in [0.5, 0.6) is 0 Å². The molecule has 0 N–H and O–H groups in total. The molecule has 3 heterocycles. The molecule has 7 nitrogen and oxygen atoms in total. The maximum atomic E-state index is 13.1. The lowest BCUT2D eigenvalue weighted by Gasteiger charge is -2.11. The number of rotatable bonds is 7. The standard InChI is InChI=1S/C23H19F3N4O3/c1-13-4-5-15(9-17(13)23(24,25)26)10-20(32)21-11-18(29-33-21)14(2)8-19(31)16-12-28-30-7-3-6-27-22(16)30/h3-7,9,11-12,14H,8,10H2,1-2H3/t14-/m0/s1. The maximum absolute atomic E-state index is 13.1. The summed E-state index contributed by atoms with van der Waals surface area (Å²) >= 11 is 0. The van der Waals surface area contributed by atoms with Gasteiger partial charge in [0, 0.05) is 37.2 Å². The summed E-state index contributed by atoms with van der Waals surface area (Å²) in [6.07, 6.45) is 0.0274. The van der Waals surface area contributed by atoms with Gasteiger partial charge in [0.15, 0.2) is 11.4 Å². The molecule has 0 aliphatic heterocycles. The van der Waals surface area contributed by atoms with Crippen LogP contribution in [-0.4, -0.2) is 31.3 Å². The molecule has 4 aromatic rings. The van der Waals surface area contributed by atoms with Crippen molar-refractivity contribution >= 4 is 17.2 Å². The Balaban J connectivity index is 1.45. The molecule has 4 rings (SSSR count). The Morgan fingerprint density at radius 2 is 1.97 bits per heavy atom. The molecule has 1 atom stereocenters. The number of benzene rings is 1. The van der Waals surface area contributed by atoms with Gasteiger partial charge in [-0.05, 0) is 30.2 Å². The highest BCUT2D eigenvalue weighted by molar-refractivity contribution is 6.01. The number of nitrogens with zero attached hydrogens (tertiary/aromatic N) is 4. The average Bonchev–Trinajstić information content (AvgIpc) is 3.42. The summed E-state index contributed by atoms with van der Waals surface area (Å²) in [4.78, 5) is 29.4. The van der Waals surface area contributed by atoms with Crippen molar-refractivity contribution in [3.05, 3.63) is 82.6 Å². The molecule has 170 valence electrons. The summed E-state index contributed by atoms with van der Waals surface area (Å²) in [7, 11) is 0. The minimum absolute atomic E-state index is 0.0731. The van der Waals surface area contributed by atoms with Gasteiger partial charge in [-0.3, -0.25) is 9.59 Å². The van der Waals surface area contributed by atoms with E-state index in [9.17, 15) is 22.8 Å². The minimum Gasteiger partial charge on any atom is -0.353 e. The van der Waals surface area contributed by atoms with Gasteiger partial charge in [-0.25, -0.2) is 9.50 Å². The topological polar surface area (TPSA) is 90.4 Å². The molecule has 0 saturated carbocycles. The zero-order valence-electron chi connectivity index (χ0n) is 17.8. The molecule has 0 unspecified atom stereocenters. The highest BCUT2D eigenvalue weighted by Crippen LogP contribution is 2.32. The SMILES string of the molecule is Cc1ccc(CC(=O)c2cc([C@@H](C)CC(=O)c3cnn4cccnc34)no2)cc1C(F)(F)F. The fourth-order valence-corrected chi connectivity index (χ4v) is 3.53. The van der Waals surface area contributed by atoms with Gasteiger partial charge < -0.3 is 4.52 Å². The molecule has 0 aliphatic rings. The van der Waals surface area contributed by atoms with Crippen LogP contribution in [0.15, 0.2) is 53.4 Å². The first-order chi connectivity index (χ1) is 15.6. The molecule has 0 bridgehead atoms. The lowest BCUT2D eigenvalue weighted by Crippen LogP contribution is -2.10. The van der Waals surface area contributed by atoms with Crippen molar-refractivity contribution in [1.29, 1.82) is 0 Å². The molecule has 3 aromatic heterocycles. The Morgan fingerprint density at radius 1 is 1.18 bits per heavy atom. The third kappa shape index (κ3) is 4.69. The van der Waals surface area contributed by atoms with E-state index < -0.39 is 17.5 Å². The number of carbonyl (C=O) groups excluding carboxylic acids is 2. The van der Waals surface area contributed by atoms with Crippen LogP contribution in [0, 0.1) is 6.92 Å². The summed E-state index contributed by atoms with van der Waals surface area (Å²) in [5, 5.41) is 7.98. The number of hydrogen-bond donors (Lipinski definition) is 0. The highest BCUT2D eigenvalue weighted by atomic mass is 19.4. The molecule has 0 amide bonds. The minimum atomic E-state index is -4.50. The summed E-state index contributed by atoms with van der Waals surface area (Å²) in [6, 6.07) is 6.90. The normalized spacial score (nSPS) is 12.8. The zero-order valence-corrected chi connectivity index (χ0v) is 17.8. The van der Waals surface area contributed by atoms with Crippen LogP contribution in [0.1, 0.15) is 62.6 Å². The average molecular weight is 456 g/mol. The highest BCUT2D eigenvalue weighted by Gasteiger charge is 2.32.